The molecule has 0 radical (unpaired) electrons. The number of piperidine rings is 2. The number of methoxy groups -OCH3 is 6. The Labute approximate surface area is 734 Å². The summed E-state index contributed by atoms with van der Waals surface area (Å²) in [4.78, 5) is 136. The summed E-state index contributed by atoms with van der Waals surface area (Å²) in [5.74, 6) is -18.5. The third-order valence-corrected chi connectivity index (χ3v) is 26.2. The van der Waals surface area contributed by atoms with Crippen molar-refractivity contribution < 1.29 is 136 Å². The van der Waals surface area contributed by atoms with Gasteiger partial charge < -0.3 is 98.0 Å². The first-order chi connectivity index (χ1) is 57.6. The topological polar surface area (TPSA) is 431 Å². The van der Waals surface area contributed by atoms with Crippen LogP contribution in [0.4, 0.5) is 0 Å². The summed E-state index contributed by atoms with van der Waals surface area (Å²) in [5.41, 5.74) is 3.04. The summed E-state index contributed by atoms with van der Waals surface area (Å²) < 4.78 is 59.4. The predicted molar refractivity (Wildman–Crippen MR) is 463 cm³/mol. The lowest BCUT2D eigenvalue weighted by molar-refractivity contribution is -0.302. The minimum atomic E-state index is -2.55. The molecule has 28 atom stereocenters. The first kappa shape index (κ1) is 109. The van der Waals surface area contributed by atoms with Gasteiger partial charge in [-0.05, 0) is 191 Å². The van der Waals surface area contributed by atoms with Crippen LogP contribution < -0.4 is 0 Å². The Hall–Kier alpha value is -6.88. The van der Waals surface area contributed by atoms with Gasteiger partial charge in [0.2, 0.25) is 11.6 Å². The van der Waals surface area contributed by atoms with Crippen LogP contribution in [0.5, 0.6) is 0 Å². The van der Waals surface area contributed by atoms with E-state index in [1.807, 2.05) is 52.8 Å². The highest BCUT2D eigenvalue weighted by atomic mass is 16.7. The monoisotopic (exact) mass is 1760 g/mol. The highest BCUT2D eigenvalue weighted by Crippen LogP contribution is 2.43. The van der Waals surface area contributed by atoms with E-state index in [0.717, 1.165) is 28.2 Å². The van der Waals surface area contributed by atoms with Crippen molar-refractivity contribution in [1.29, 1.82) is 0 Å². The number of carbonyl (C=O) groups is 10. The van der Waals surface area contributed by atoms with Crippen molar-refractivity contribution in [1.82, 2.24) is 9.80 Å². The predicted octanol–water partition coefficient (Wildman–Crippen LogP) is 10.3. The molecule has 6 aliphatic heterocycles. The number of aliphatic hydroxyl groups excluding tert-OH is 4. The molecule has 704 valence electrons. The normalized spacial score (nSPS) is 38.3. The van der Waals surface area contributed by atoms with Crippen molar-refractivity contribution in [2.45, 2.75) is 334 Å². The summed E-state index contributed by atoms with van der Waals surface area (Å²) in [7, 11) is 9.13. The molecule has 6 fully saturated rings. The van der Waals surface area contributed by atoms with E-state index in [1.54, 1.807) is 53.9 Å². The van der Waals surface area contributed by atoms with Crippen LogP contribution in [0.25, 0.3) is 0 Å². The number of esters is 2. The maximum absolute atomic E-state index is 14.3. The quantitative estimate of drug-likeness (QED) is 0.0308. The van der Waals surface area contributed by atoms with Gasteiger partial charge in [0.25, 0.3) is 23.4 Å². The zero-order valence-corrected chi connectivity index (χ0v) is 74.7. The molecule has 8 rings (SSSR count). The van der Waals surface area contributed by atoms with Crippen molar-refractivity contribution in [2.24, 2.45) is 59.2 Å². The number of ketones is 4. The van der Waals surface area contributed by atoms with Crippen molar-refractivity contribution in [2.75, 3.05) is 55.7 Å². The fraction of sp³-hybridized carbons (Fsp3) is 0.745. The molecule has 2 saturated carbocycles. The van der Waals surface area contributed by atoms with Gasteiger partial charge in [-0.2, -0.15) is 0 Å². The molecule has 0 aromatic heterocycles. The van der Waals surface area contributed by atoms with Crippen LogP contribution in [0.2, 0.25) is 0 Å². The van der Waals surface area contributed by atoms with Gasteiger partial charge in [-0.1, -0.05) is 111 Å². The smallest absolute Gasteiger partial charge is 0.329 e. The molecule has 30 nitrogen and oxygen atoms in total. The van der Waals surface area contributed by atoms with E-state index < -0.39 is 186 Å². The second-order valence-electron chi connectivity index (χ2n) is 35.5. The van der Waals surface area contributed by atoms with Crippen molar-refractivity contribution in [3.05, 3.63) is 84.1 Å². The number of nitrogens with zero attached hydrogens (tertiary/aromatic N) is 2. The fourth-order valence-electron chi connectivity index (χ4n) is 19.0. The molecule has 4 bridgehead atoms. The van der Waals surface area contributed by atoms with Crippen LogP contribution in [0.1, 0.15) is 225 Å². The maximum Gasteiger partial charge on any atom is 0.329 e. The Morgan fingerprint density at radius 2 is 0.831 bits per heavy atom. The number of cyclic esters (lactones) is 2. The number of fused-ring (bicyclic) bond motifs is 6. The molecule has 30 heteroatoms. The third-order valence-electron chi connectivity index (χ3n) is 26.2. The average Bonchev–Trinajstić information content (AvgIpc) is 0.783. The first-order valence-corrected chi connectivity index (χ1v) is 43.5. The molecule has 6 heterocycles. The van der Waals surface area contributed by atoms with Crippen molar-refractivity contribution >= 4 is 58.8 Å². The number of ether oxygens (including phenoxy) is 10. The lowest BCUT2D eigenvalue weighted by Gasteiger charge is -2.47. The number of aliphatic carboxylic acids is 2. The number of carboxylic acid groups (broad SMARTS) is 2. The van der Waals surface area contributed by atoms with Crippen LogP contribution in [-0.2, 0) is 95.3 Å². The molecule has 0 aromatic carbocycles. The van der Waals surface area contributed by atoms with Crippen LogP contribution in [0, 0.1) is 59.2 Å². The number of hydrogen-bond acceptors (Lipinski definition) is 26. The molecule has 0 spiro atoms. The second-order valence-corrected chi connectivity index (χ2v) is 35.5. The Morgan fingerprint density at radius 1 is 0.484 bits per heavy atom. The van der Waals surface area contributed by atoms with E-state index in [2.05, 4.69) is 13.2 Å². The van der Waals surface area contributed by atoms with E-state index in [0.29, 0.717) is 107 Å². The zero-order valence-electron chi connectivity index (χ0n) is 74.7. The Balaban J connectivity index is 0.000000486. The average molecular weight is 1760 g/mol. The van der Waals surface area contributed by atoms with Crippen molar-refractivity contribution in [3.8, 4) is 0 Å². The number of hydrogen-bond donors (Lipinski definition) is 8. The van der Waals surface area contributed by atoms with Gasteiger partial charge in [0.15, 0.2) is 0 Å². The number of carbonyl (C=O) groups excluding carboxylic acids is 8. The fourth-order valence-corrected chi connectivity index (χ4v) is 19.0. The molecule has 2 aliphatic carbocycles. The third kappa shape index (κ3) is 29.3. The zero-order chi connectivity index (χ0) is 90.9. The largest absolute Gasteiger partial charge is 0.478 e. The summed E-state index contributed by atoms with van der Waals surface area (Å²) in [6.07, 6.45) is 9.93. The second kappa shape index (κ2) is 51.3. The van der Waals surface area contributed by atoms with Gasteiger partial charge in [0.1, 0.15) is 48.1 Å². The molecule has 124 heavy (non-hydrogen) atoms. The number of rotatable bonds is 16. The molecule has 8 aliphatic rings. The molecule has 2 amide bonds. The van der Waals surface area contributed by atoms with Crippen LogP contribution in [-0.4, -0.2) is 274 Å². The number of allylic oxidation sites excluding steroid dienone is 8. The minimum Gasteiger partial charge on any atom is -0.478 e. The maximum atomic E-state index is 14.3. The number of amides is 2. The minimum absolute atomic E-state index is 0. The lowest BCUT2D eigenvalue weighted by Crippen LogP contribution is -2.64. The SMILES string of the molecule is C.C.C=CC(=O)O.C=CC[C@@H]1/C=C(\C)C[C@H](C)C[C@H](OC)[C@H]2O[C@@](O)(C(=O)C(=O)N3CCCC[C@H]3C(=O)O[C@H](/C(C)=C/[C@@H]3CC[C@@H](O)[C@H](OC)C3)[C@H](C)[C@@H](O)CC1=O)[C@H](C)C[C@@H]2OC.CO[C@H]1C[C@@H](C)C/C(C)=C/[C@@H](C/C=C/C(=O)O)C(=O)C[C@H](O)[C@@H](C)[C@@H](/C(C)=C/[C@@H]2CC[C@@H](O)[C@H](OC)C2)OC(=O)[C@@H]2CCCCN2C(=O)C(=O)[C@]2(O)O[C@H]1[C@@H](OC)C[C@H]2C. The molecule has 4 saturated heterocycles. The number of carboxylic acids is 2. The van der Waals surface area contributed by atoms with E-state index in [-0.39, 0.29) is 114 Å². The van der Waals surface area contributed by atoms with Crippen LogP contribution in [0.3, 0.4) is 0 Å². The van der Waals surface area contributed by atoms with E-state index in [4.69, 9.17) is 52.5 Å². The van der Waals surface area contributed by atoms with Gasteiger partial charge in [-0.15, -0.1) is 6.58 Å². The Morgan fingerprint density at radius 3 is 1.16 bits per heavy atom. The summed E-state index contributed by atoms with van der Waals surface area (Å²) >= 11 is 0. The first-order valence-electron chi connectivity index (χ1n) is 43.5. The van der Waals surface area contributed by atoms with Crippen LogP contribution >= 0.6 is 0 Å². The van der Waals surface area contributed by atoms with E-state index >= 15 is 0 Å². The highest BCUT2D eigenvalue weighted by Gasteiger charge is 2.59. The Kier molecular flexibility index (Phi) is 45.3. The molecule has 8 N–H and O–H groups in total. The number of aliphatic hydroxyl groups is 6. The lowest BCUT2D eigenvalue weighted by atomic mass is 9.81. The van der Waals surface area contributed by atoms with Gasteiger partial charge in [0.05, 0.1) is 61.0 Å². The van der Waals surface area contributed by atoms with E-state index in [9.17, 15) is 83.7 Å². The highest BCUT2D eigenvalue weighted by molar-refractivity contribution is 6.39. The van der Waals surface area contributed by atoms with Crippen LogP contribution in [0.15, 0.2) is 84.1 Å². The van der Waals surface area contributed by atoms with Gasteiger partial charge in [0, 0.05) is 116 Å². The van der Waals surface area contributed by atoms with Gasteiger partial charge >= 0.3 is 23.9 Å². The molecular weight excluding hydrogens is 1610 g/mol. The molecule has 0 unspecified atom stereocenters. The Bertz CT molecular complexity index is 3700. The van der Waals surface area contributed by atoms with Crippen molar-refractivity contribution in [3.63, 3.8) is 0 Å². The summed E-state index contributed by atoms with van der Waals surface area (Å²) in [6, 6.07) is -2.33. The molecular formula is C94H150N2O28. The van der Waals surface area contributed by atoms with Gasteiger partial charge in [-0.25, -0.2) is 19.2 Å². The number of Topliss-reactive ketones (excluding diaryl/α,β-unsaturated/α-hetero) is 4. The summed E-state index contributed by atoms with van der Waals surface area (Å²) in [6.45, 7) is 25.0. The summed E-state index contributed by atoms with van der Waals surface area (Å²) in [5, 5.41) is 85.3. The molecule has 0 aromatic rings. The standard InChI is InChI=1S/C45H69NO14.C44H69NO12.C3H4O2.2CH4/c1-25-18-26(2)20-37(57-7)41-38(58-8)22-28(4)45(55,60-41)42(52)43(53)46-17-10-9-13-32(46)44(54)59-40(27(3)21-30-15-16-33(47)36(23-30)56-6)29(5)34(48)24-35(49)31(19-25)12-11-14-39(50)51;1-10-13-31-19-25(2)18-26(3)20-37(54-8)40-38(55-9)22-28(5)44(52,57-40)41(49)42(50)45-17-12-11-14-32(45)43(51)56-39(29(6)34(47)24-35(31)48)27(4)21-30-15-16-33(46)36(23-30)53-7;1-2-3(4)5;;/h11,14,19,21,26,28-34,36-38,40-41,47-48,55H,9-10,12-13,15-18,20,22-24H2,1-8H3,(H,50,51);10,19,21,26,28-34,36-40,46-47,52H,1,11-18,20,22-24H2,2-9H3;2H,1H2,(H,4,5);2*1H4/b14-11+,25-19+,27-21+;25-19+,27-21+;;;/t26-,28+,29+,30-,31+,32-,33+,34-,36+,37-,38-,40+,41+,45+;26-,28+,29+,30-,31+,32-,33+,34-,36+,37-,38-,39+,40+,44+;;;/m00.../s1. The van der Waals surface area contributed by atoms with Gasteiger partial charge in [-0.3, -0.25) is 28.8 Å². The van der Waals surface area contributed by atoms with E-state index in [1.165, 1.54) is 46.5 Å².